The molecule has 0 aromatic heterocycles. The molecule has 0 aliphatic heterocycles. The standard InChI is InChI=1S/C18H21ClN2O4S2/c1-25-17-6-4-3-5-16(17)21(27(2,23)24)13-18(22)20-11-12-26-15-9-7-14(19)8-10-15/h3-10H,11-13H2,1-2H3,(H,20,22). The van der Waals surface area contributed by atoms with Crippen molar-refractivity contribution in [2.45, 2.75) is 4.90 Å². The number of nitrogens with one attached hydrogen (secondary N) is 1. The summed E-state index contributed by atoms with van der Waals surface area (Å²) in [7, 11) is -2.20. The first-order chi connectivity index (χ1) is 12.8. The highest BCUT2D eigenvalue weighted by molar-refractivity contribution is 7.99. The third-order valence-electron chi connectivity index (χ3n) is 3.55. The molecule has 0 spiro atoms. The number of hydrogen-bond acceptors (Lipinski definition) is 5. The molecular formula is C18H21ClN2O4S2. The van der Waals surface area contributed by atoms with E-state index in [0.29, 0.717) is 28.8 Å². The van der Waals surface area contributed by atoms with Gasteiger partial charge in [0.05, 0.1) is 19.1 Å². The van der Waals surface area contributed by atoms with Crippen LogP contribution in [0.25, 0.3) is 0 Å². The summed E-state index contributed by atoms with van der Waals surface area (Å²) in [5.74, 6) is 0.651. The Morgan fingerprint density at radius 1 is 1.19 bits per heavy atom. The summed E-state index contributed by atoms with van der Waals surface area (Å²) in [4.78, 5) is 13.3. The highest BCUT2D eigenvalue weighted by Crippen LogP contribution is 2.29. The molecule has 27 heavy (non-hydrogen) atoms. The van der Waals surface area contributed by atoms with Gasteiger partial charge in [0.15, 0.2) is 0 Å². The summed E-state index contributed by atoms with van der Waals surface area (Å²) in [5, 5.41) is 3.41. The number of rotatable bonds is 9. The number of para-hydroxylation sites is 2. The van der Waals surface area contributed by atoms with Crippen LogP contribution < -0.4 is 14.4 Å². The summed E-state index contributed by atoms with van der Waals surface area (Å²) in [6, 6.07) is 14.1. The molecule has 0 bridgehead atoms. The molecule has 2 aromatic carbocycles. The largest absolute Gasteiger partial charge is 0.495 e. The van der Waals surface area contributed by atoms with E-state index in [4.69, 9.17) is 16.3 Å². The third kappa shape index (κ3) is 6.64. The van der Waals surface area contributed by atoms with Crippen LogP contribution in [0.5, 0.6) is 5.75 Å². The van der Waals surface area contributed by atoms with Crippen molar-refractivity contribution >= 4 is 45.0 Å². The van der Waals surface area contributed by atoms with Crippen molar-refractivity contribution in [2.75, 3.05) is 36.5 Å². The van der Waals surface area contributed by atoms with E-state index in [1.807, 2.05) is 12.1 Å². The lowest BCUT2D eigenvalue weighted by molar-refractivity contribution is -0.119. The van der Waals surface area contributed by atoms with Crippen LogP contribution in [0.2, 0.25) is 5.02 Å². The Balaban J connectivity index is 1.93. The Morgan fingerprint density at radius 3 is 2.48 bits per heavy atom. The zero-order valence-corrected chi connectivity index (χ0v) is 17.4. The Kier molecular flexibility index (Phi) is 7.82. The molecule has 0 atom stereocenters. The van der Waals surface area contributed by atoms with Gasteiger partial charge in [-0.2, -0.15) is 0 Å². The number of hydrogen-bond donors (Lipinski definition) is 1. The van der Waals surface area contributed by atoms with Crippen LogP contribution in [-0.2, 0) is 14.8 Å². The first-order valence-corrected chi connectivity index (χ1v) is 11.3. The Hall–Kier alpha value is -1.90. The van der Waals surface area contributed by atoms with Crippen molar-refractivity contribution in [2.24, 2.45) is 0 Å². The van der Waals surface area contributed by atoms with Crippen molar-refractivity contribution in [1.29, 1.82) is 0 Å². The van der Waals surface area contributed by atoms with Crippen LogP contribution in [0.4, 0.5) is 5.69 Å². The smallest absolute Gasteiger partial charge is 0.240 e. The van der Waals surface area contributed by atoms with E-state index >= 15 is 0 Å². The molecule has 0 radical (unpaired) electrons. The number of nitrogens with zero attached hydrogens (tertiary/aromatic N) is 1. The fourth-order valence-electron chi connectivity index (χ4n) is 2.29. The van der Waals surface area contributed by atoms with Crippen molar-refractivity contribution in [3.05, 3.63) is 53.6 Å². The average molecular weight is 429 g/mol. The third-order valence-corrected chi connectivity index (χ3v) is 5.94. The molecule has 2 rings (SSSR count). The molecule has 146 valence electrons. The maximum Gasteiger partial charge on any atom is 0.240 e. The van der Waals surface area contributed by atoms with Gasteiger partial charge in [-0.3, -0.25) is 9.10 Å². The van der Waals surface area contributed by atoms with Crippen LogP contribution in [0.3, 0.4) is 0 Å². The normalized spacial score (nSPS) is 11.1. The zero-order valence-electron chi connectivity index (χ0n) is 15.0. The number of carbonyl (C=O) groups excluding carboxylic acids is 1. The van der Waals surface area contributed by atoms with E-state index in [1.165, 1.54) is 7.11 Å². The second-order valence-corrected chi connectivity index (χ2v) is 9.11. The van der Waals surface area contributed by atoms with Gasteiger partial charge in [0.2, 0.25) is 15.9 Å². The molecular weight excluding hydrogens is 408 g/mol. The molecule has 9 heteroatoms. The highest BCUT2D eigenvalue weighted by Gasteiger charge is 2.23. The predicted molar refractivity (Wildman–Crippen MR) is 110 cm³/mol. The van der Waals surface area contributed by atoms with Crippen molar-refractivity contribution in [3.8, 4) is 5.75 Å². The predicted octanol–water partition coefficient (Wildman–Crippen LogP) is 3.02. The number of methoxy groups -OCH3 is 1. The minimum absolute atomic E-state index is 0.315. The van der Waals surface area contributed by atoms with Gasteiger partial charge >= 0.3 is 0 Å². The molecule has 1 N–H and O–H groups in total. The fraction of sp³-hybridized carbons (Fsp3) is 0.278. The molecule has 0 saturated carbocycles. The summed E-state index contributed by atoms with van der Waals surface area (Å²) >= 11 is 7.42. The first kappa shape index (κ1) is 21.4. The van der Waals surface area contributed by atoms with Crippen molar-refractivity contribution < 1.29 is 17.9 Å². The minimum atomic E-state index is -3.65. The van der Waals surface area contributed by atoms with E-state index in [1.54, 1.807) is 48.2 Å². The van der Waals surface area contributed by atoms with Gasteiger partial charge in [-0.15, -0.1) is 11.8 Å². The SMILES string of the molecule is COc1ccccc1N(CC(=O)NCCSc1ccc(Cl)cc1)S(C)(=O)=O. The molecule has 2 aromatic rings. The molecule has 1 amide bonds. The second kappa shape index (κ2) is 9.87. The number of thioether (sulfide) groups is 1. The number of benzene rings is 2. The molecule has 0 aliphatic carbocycles. The van der Waals surface area contributed by atoms with Gasteiger partial charge in [-0.05, 0) is 36.4 Å². The van der Waals surface area contributed by atoms with Gasteiger partial charge in [-0.25, -0.2) is 8.42 Å². The summed E-state index contributed by atoms with van der Waals surface area (Å²) in [5.41, 5.74) is 0.327. The lowest BCUT2D eigenvalue weighted by Crippen LogP contribution is -2.41. The summed E-state index contributed by atoms with van der Waals surface area (Å²) in [6.45, 7) is 0.0977. The number of amides is 1. The van der Waals surface area contributed by atoms with Gasteiger partial charge in [0.25, 0.3) is 0 Å². The summed E-state index contributed by atoms with van der Waals surface area (Å²) in [6.07, 6.45) is 1.06. The number of halogens is 1. The van der Waals surface area contributed by atoms with Crippen LogP contribution in [0, 0.1) is 0 Å². The fourth-order valence-corrected chi connectivity index (χ4v) is 4.05. The number of carbonyl (C=O) groups is 1. The van der Waals surface area contributed by atoms with Gasteiger partial charge in [0.1, 0.15) is 12.3 Å². The van der Waals surface area contributed by atoms with Crippen LogP contribution in [0.1, 0.15) is 0 Å². The quantitative estimate of drug-likeness (QED) is 0.490. The van der Waals surface area contributed by atoms with E-state index in [-0.39, 0.29) is 12.5 Å². The molecule has 6 nitrogen and oxygen atoms in total. The Bertz CT molecular complexity index is 873. The topological polar surface area (TPSA) is 75.7 Å². The van der Waals surface area contributed by atoms with Crippen LogP contribution >= 0.6 is 23.4 Å². The van der Waals surface area contributed by atoms with Gasteiger partial charge in [-0.1, -0.05) is 23.7 Å². The zero-order chi connectivity index (χ0) is 19.9. The molecule has 0 fully saturated rings. The second-order valence-electron chi connectivity index (χ2n) is 5.59. The van der Waals surface area contributed by atoms with Crippen molar-refractivity contribution in [3.63, 3.8) is 0 Å². The number of sulfonamides is 1. The van der Waals surface area contributed by atoms with E-state index in [9.17, 15) is 13.2 Å². The lowest BCUT2D eigenvalue weighted by Gasteiger charge is -2.23. The lowest BCUT2D eigenvalue weighted by atomic mass is 10.3. The van der Waals surface area contributed by atoms with E-state index in [2.05, 4.69) is 5.32 Å². The van der Waals surface area contributed by atoms with Crippen molar-refractivity contribution in [1.82, 2.24) is 5.32 Å². The number of ether oxygens (including phenoxy) is 1. The van der Waals surface area contributed by atoms with E-state index in [0.717, 1.165) is 15.5 Å². The van der Waals surface area contributed by atoms with Crippen LogP contribution in [-0.4, -0.2) is 46.5 Å². The monoisotopic (exact) mass is 428 g/mol. The first-order valence-electron chi connectivity index (χ1n) is 8.07. The maximum absolute atomic E-state index is 12.2. The van der Waals surface area contributed by atoms with Crippen LogP contribution in [0.15, 0.2) is 53.4 Å². The molecule has 0 saturated heterocycles. The van der Waals surface area contributed by atoms with E-state index < -0.39 is 10.0 Å². The Morgan fingerprint density at radius 2 is 1.85 bits per heavy atom. The maximum atomic E-state index is 12.2. The van der Waals surface area contributed by atoms with Gasteiger partial charge in [0, 0.05) is 22.2 Å². The molecule has 0 aliphatic rings. The molecule has 0 unspecified atom stereocenters. The van der Waals surface area contributed by atoms with Gasteiger partial charge < -0.3 is 10.1 Å². The summed E-state index contributed by atoms with van der Waals surface area (Å²) < 4.78 is 30.6. The average Bonchev–Trinajstić information content (AvgIpc) is 2.64. The Labute approximate surface area is 168 Å². The molecule has 0 heterocycles. The number of anilines is 1. The highest BCUT2D eigenvalue weighted by atomic mass is 35.5. The minimum Gasteiger partial charge on any atom is -0.495 e.